The Balaban J connectivity index is 1.79. The number of rotatable bonds is 5. The highest BCUT2D eigenvalue weighted by Gasteiger charge is 2.13. The molecule has 1 aromatic rings. The smallest absolute Gasteiger partial charge is 0.224 e. The predicted octanol–water partition coefficient (Wildman–Crippen LogP) is 3.32. The van der Waals surface area contributed by atoms with Crippen LogP contribution < -0.4 is 11.1 Å². The lowest BCUT2D eigenvalue weighted by atomic mass is 10.2. The molecule has 7 heteroatoms. The molecule has 1 aliphatic heterocycles. The quantitative estimate of drug-likeness (QED) is 0.812. The van der Waals surface area contributed by atoms with Crippen LogP contribution in [-0.4, -0.2) is 30.7 Å². The van der Waals surface area contributed by atoms with Crippen LogP contribution in [0, 0.1) is 0 Å². The maximum Gasteiger partial charge on any atom is 0.224 e. The lowest BCUT2D eigenvalue weighted by Crippen LogP contribution is -2.31. The van der Waals surface area contributed by atoms with Gasteiger partial charge in [0.1, 0.15) is 0 Å². The average Bonchev–Trinajstić information content (AvgIpc) is 2.44. The fraction of sp³-hybridized carbons (Fsp3) is 0.500. The monoisotopic (exact) mass is 331 g/mol. The Hall–Kier alpha value is -1.01. The van der Waals surface area contributed by atoms with E-state index in [4.69, 9.17) is 33.8 Å². The van der Waals surface area contributed by atoms with Crippen LogP contribution in [0.15, 0.2) is 12.1 Å². The van der Waals surface area contributed by atoms with Crippen molar-refractivity contribution in [1.82, 2.24) is 5.06 Å². The average molecular weight is 332 g/mol. The van der Waals surface area contributed by atoms with Gasteiger partial charge in [-0.05, 0) is 31.4 Å². The number of nitrogen functional groups attached to an aromatic ring is 1. The van der Waals surface area contributed by atoms with Crippen LogP contribution in [0.2, 0.25) is 10.0 Å². The second kappa shape index (κ2) is 7.84. The van der Waals surface area contributed by atoms with E-state index in [9.17, 15) is 4.79 Å². The molecule has 0 saturated carbocycles. The molecule has 0 spiro atoms. The molecule has 1 fully saturated rings. The van der Waals surface area contributed by atoms with Gasteiger partial charge in [0.05, 0.1) is 23.0 Å². The molecule has 3 N–H and O–H groups in total. The summed E-state index contributed by atoms with van der Waals surface area (Å²) in [6.07, 6.45) is 3.35. The predicted molar refractivity (Wildman–Crippen MR) is 85.5 cm³/mol. The maximum absolute atomic E-state index is 11.9. The van der Waals surface area contributed by atoms with Crippen LogP contribution in [0.5, 0.6) is 0 Å². The highest BCUT2D eigenvalue weighted by atomic mass is 35.5. The first-order valence-electron chi connectivity index (χ1n) is 6.98. The van der Waals surface area contributed by atoms with Gasteiger partial charge in [0.25, 0.3) is 0 Å². The minimum Gasteiger partial charge on any atom is -0.397 e. The lowest BCUT2D eigenvalue weighted by molar-refractivity contribution is -0.180. The standard InChI is InChI=1S/C14H19Cl2N3O2/c15-10-8-11(16)14(12(17)9-10)18-13(20)4-3-6-19-5-1-2-7-21-19/h8-9H,1-7,17H2,(H,18,20). The molecule has 1 amide bonds. The number of nitrogens with one attached hydrogen (secondary N) is 1. The summed E-state index contributed by atoms with van der Waals surface area (Å²) >= 11 is 11.9. The van der Waals surface area contributed by atoms with Gasteiger partial charge in [-0.1, -0.05) is 23.2 Å². The number of carbonyl (C=O) groups is 1. The van der Waals surface area contributed by atoms with Gasteiger partial charge < -0.3 is 11.1 Å². The number of hydrogen-bond acceptors (Lipinski definition) is 4. The molecule has 1 aromatic carbocycles. The molecule has 0 bridgehead atoms. The zero-order chi connectivity index (χ0) is 15.2. The summed E-state index contributed by atoms with van der Waals surface area (Å²) in [6, 6.07) is 3.11. The van der Waals surface area contributed by atoms with Gasteiger partial charge in [0.2, 0.25) is 5.91 Å². The van der Waals surface area contributed by atoms with Gasteiger partial charge in [-0.15, -0.1) is 0 Å². The Morgan fingerprint density at radius 1 is 1.38 bits per heavy atom. The summed E-state index contributed by atoms with van der Waals surface area (Å²) in [5.74, 6) is -0.122. The molecule has 0 aromatic heterocycles. The first kappa shape index (κ1) is 16.4. The van der Waals surface area contributed by atoms with Crippen molar-refractivity contribution in [2.45, 2.75) is 25.7 Å². The Kier molecular flexibility index (Phi) is 6.11. The molecule has 0 atom stereocenters. The number of halogens is 2. The van der Waals surface area contributed by atoms with E-state index >= 15 is 0 Å². The Bertz CT molecular complexity index is 482. The Morgan fingerprint density at radius 2 is 2.19 bits per heavy atom. The van der Waals surface area contributed by atoms with Crippen molar-refractivity contribution in [1.29, 1.82) is 0 Å². The third-order valence-electron chi connectivity index (χ3n) is 3.24. The van der Waals surface area contributed by atoms with Crippen molar-refractivity contribution in [3.8, 4) is 0 Å². The minimum atomic E-state index is -0.122. The third-order valence-corrected chi connectivity index (χ3v) is 3.75. The molecule has 1 aliphatic rings. The van der Waals surface area contributed by atoms with Crippen molar-refractivity contribution in [2.24, 2.45) is 0 Å². The summed E-state index contributed by atoms with van der Waals surface area (Å²) in [5, 5.41) is 5.43. The number of carbonyl (C=O) groups excluding carboxylic acids is 1. The summed E-state index contributed by atoms with van der Waals surface area (Å²) < 4.78 is 0. The fourth-order valence-electron chi connectivity index (χ4n) is 2.17. The van der Waals surface area contributed by atoms with Crippen molar-refractivity contribution >= 4 is 40.5 Å². The van der Waals surface area contributed by atoms with E-state index in [2.05, 4.69) is 5.32 Å². The van der Waals surface area contributed by atoms with E-state index in [1.54, 1.807) is 12.1 Å². The van der Waals surface area contributed by atoms with Crippen molar-refractivity contribution in [3.63, 3.8) is 0 Å². The van der Waals surface area contributed by atoms with E-state index in [0.29, 0.717) is 27.8 Å². The van der Waals surface area contributed by atoms with Crippen LogP contribution in [0.4, 0.5) is 11.4 Å². The van der Waals surface area contributed by atoms with Crippen LogP contribution >= 0.6 is 23.2 Å². The Labute approximate surface area is 134 Å². The molecular weight excluding hydrogens is 313 g/mol. The molecule has 1 saturated heterocycles. The van der Waals surface area contributed by atoms with Crippen LogP contribution in [0.1, 0.15) is 25.7 Å². The number of amides is 1. The molecule has 0 radical (unpaired) electrons. The molecule has 0 aliphatic carbocycles. The van der Waals surface area contributed by atoms with Crippen molar-refractivity contribution in [3.05, 3.63) is 22.2 Å². The van der Waals surface area contributed by atoms with Gasteiger partial charge in [-0.3, -0.25) is 9.63 Å². The van der Waals surface area contributed by atoms with E-state index < -0.39 is 0 Å². The van der Waals surface area contributed by atoms with E-state index in [0.717, 1.165) is 39.0 Å². The number of benzene rings is 1. The minimum absolute atomic E-state index is 0.122. The maximum atomic E-state index is 11.9. The first-order chi connectivity index (χ1) is 10.1. The zero-order valence-electron chi connectivity index (χ0n) is 11.7. The van der Waals surface area contributed by atoms with Gasteiger partial charge in [-0.2, -0.15) is 5.06 Å². The Morgan fingerprint density at radius 3 is 2.86 bits per heavy atom. The highest BCUT2D eigenvalue weighted by molar-refractivity contribution is 6.37. The van der Waals surface area contributed by atoms with E-state index in [1.165, 1.54) is 0 Å². The number of nitrogens with zero attached hydrogens (tertiary/aromatic N) is 1. The topological polar surface area (TPSA) is 67.6 Å². The van der Waals surface area contributed by atoms with Crippen molar-refractivity contribution in [2.75, 3.05) is 30.7 Å². The van der Waals surface area contributed by atoms with Gasteiger partial charge in [-0.25, -0.2) is 0 Å². The lowest BCUT2D eigenvalue weighted by Gasteiger charge is -2.25. The normalized spacial score (nSPS) is 15.9. The zero-order valence-corrected chi connectivity index (χ0v) is 13.2. The molecule has 2 rings (SSSR count). The van der Waals surface area contributed by atoms with Crippen LogP contribution in [0.3, 0.4) is 0 Å². The number of anilines is 2. The molecule has 116 valence electrons. The first-order valence-corrected chi connectivity index (χ1v) is 7.74. The molecular formula is C14H19Cl2N3O2. The van der Waals surface area contributed by atoms with Crippen molar-refractivity contribution < 1.29 is 9.63 Å². The molecule has 21 heavy (non-hydrogen) atoms. The summed E-state index contributed by atoms with van der Waals surface area (Å²) in [4.78, 5) is 17.4. The molecule has 1 heterocycles. The largest absolute Gasteiger partial charge is 0.397 e. The SMILES string of the molecule is Nc1cc(Cl)cc(Cl)c1NC(=O)CCCN1CCCCO1. The number of hydrogen-bond donors (Lipinski definition) is 2. The summed E-state index contributed by atoms with van der Waals surface area (Å²) in [7, 11) is 0. The second-order valence-electron chi connectivity index (χ2n) is 4.97. The third kappa shape index (κ3) is 5.04. The number of hydroxylamine groups is 2. The number of nitrogens with two attached hydrogens (primary N) is 1. The van der Waals surface area contributed by atoms with E-state index in [-0.39, 0.29) is 5.91 Å². The summed E-state index contributed by atoms with van der Waals surface area (Å²) in [6.45, 7) is 2.44. The molecule has 0 unspecified atom stereocenters. The summed E-state index contributed by atoms with van der Waals surface area (Å²) in [5.41, 5.74) is 6.58. The second-order valence-corrected chi connectivity index (χ2v) is 5.82. The highest BCUT2D eigenvalue weighted by Crippen LogP contribution is 2.32. The van der Waals surface area contributed by atoms with Gasteiger partial charge in [0, 0.05) is 24.5 Å². The van der Waals surface area contributed by atoms with E-state index in [1.807, 2.05) is 5.06 Å². The molecule has 5 nitrogen and oxygen atoms in total. The van der Waals surface area contributed by atoms with Gasteiger partial charge >= 0.3 is 0 Å². The van der Waals surface area contributed by atoms with Crippen LogP contribution in [0.25, 0.3) is 0 Å². The fourth-order valence-corrected chi connectivity index (χ4v) is 2.72. The van der Waals surface area contributed by atoms with Gasteiger partial charge in [0.15, 0.2) is 0 Å². The van der Waals surface area contributed by atoms with Crippen LogP contribution in [-0.2, 0) is 9.63 Å².